The second-order valence-corrected chi connectivity index (χ2v) is 9.02. The molecule has 3 aromatic rings. The molecule has 1 aliphatic heterocycles. The van der Waals surface area contributed by atoms with E-state index in [0.29, 0.717) is 5.89 Å². The van der Waals surface area contributed by atoms with Crippen molar-refractivity contribution in [3.8, 4) is 10.8 Å². The average molecular weight is 397 g/mol. The normalized spacial score (nSPS) is 20.5. The minimum absolute atomic E-state index is 0.0847. The zero-order valence-electron chi connectivity index (χ0n) is 16.6. The zero-order chi connectivity index (χ0) is 19.6. The van der Waals surface area contributed by atoms with Gasteiger partial charge in [-0.15, -0.1) is 11.3 Å². The van der Waals surface area contributed by atoms with E-state index in [1.165, 1.54) is 11.1 Å². The van der Waals surface area contributed by atoms with Crippen molar-refractivity contribution < 1.29 is 9.52 Å². The van der Waals surface area contributed by atoms with Crippen molar-refractivity contribution in [3.05, 3.63) is 64.4 Å². The first-order valence-electron chi connectivity index (χ1n) is 9.96. The lowest BCUT2D eigenvalue weighted by Gasteiger charge is -2.42. The highest BCUT2D eigenvalue weighted by Crippen LogP contribution is 2.35. The zero-order valence-corrected chi connectivity index (χ0v) is 17.5. The monoisotopic (exact) mass is 396 g/mol. The number of aromatic nitrogens is 1. The molecule has 0 amide bonds. The summed E-state index contributed by atoms with van der Waals surface area (Å²) in [6.45, 7) is 7.07. The van der Waals surface area contributed by atoms with E-state index in [2.05, 4.69) is 36.1 Å². The van der Waals surface area contributed by atoms with Gasteiger partial charge in [-0.1, -0.05) is 30.3 Å². The number of nitrogens with zero attached hydrogens (tertiary/aromatic N) is 2. The lowest BCUT2D eigenvalue weighted by atomic mass is 9.75. The van der Waals surface area contributed by atoms with Crippen molar-refractivity contribution in [2.24, 2.45) is 5.41 Å². The Bertz CT molecular complexity index is 919. The first kappa shape index (κ1) is 19.4. The Hall–Kier alpha value is -1.95. The summed E-state index contributed by atoms with van der Waals surface area (Å²) < 4.78 is 5.91. The molecule has 148 valence electrons. The van der Waals surface area contributed by atoms with Crippen LogP contribution in [0.25, 0.3) is 10.8 Å². The smallest absolute Gasteiger partial charge is 0.236 e. The van der Waals surface area contributed by atoms with Crippen LogP contribution in [0.5, 0.6) is 0 Å². The van der Waals surface area contributed by atoms with Crippen LogP contribution in [-0.2, 0) is 13.0 Å². The molecule has 5 heteroatoms. The van der Waals surface area contributed by atoms with E-state index in [9.17, 15) is 5.11 Å². The van der Waals surface area contributed by atoms with Crippen LogP contribution >= 0.6 is 11.3 Å². The Morgan fingerprint density at radius 1 is 1.21 bits per heavy atom. The molecule has 1 aromatic carbocycles. The molecule has 1 fully saturated rings. The van der Waals surface area contributed by atoms with E-state index >= 15 is 0 Å². The molecule has 3 heterocycles. The van der Waals surface area contributed by atoms with Gasteiger partial charge < -0.3 is 9.52 Å². The van der Waals surface area contributed by atoms with Crippen LogP contribution in [0.15, 0.2) is 46.2 Å². The van der Waals surface area contributed by atoms with Gasteiger partial charge in [-0.25, -0.2) is 4.98 Å². The fourth-order valence-corrected chi connectivity index (χ4v) is 4.93. The Balaban J connectivity index is 1.49. The minimum atomic E-state index is -0.0847. The summed E-state index contributed by atoms with van der Waals surface area (Å²) in [5.41, 5.74) is 3.57. The van der Waals surface area contributed by atoms with Crippen LogP contribution in [0, 0.1) is 19.3 Å². The molecule has 0 aliphatic carbocycles. The van der Waals surface area contributed by atoms with Crippen LogP contribution in [-0.4, -0.2) is 34.7 Å². The number of oxazole rings is 1. The number of thiophene rings is 1. The molecule has 0 radical (unpaired) electrons. The summed E-state index contributed by atoms with van der Waals surface area (Å²) in [6, 6.07) is 12.6. The predicted molar refractivity (Wildman–Crippen MR) is 113 cm³/mol. The van der Waals surface area contributed by atoms with Gasteiger partial charge in [0.05, 0.1) is 17.2 Å². The van der Waals surface area contributed by atoms with Crippen molar-refractivity contribution in [1.29, 1.82) is 0 Å². The van der Waals surface area contributed by atoms with E-state index < -0.39 is 0 Å². The number of hydrogen-bond acceptors (Lipinski definition) is 5. The number of benzene rings is 1. The second kappa shape index (κ2) is 8.19. The molecule has 1 N–H and O–H groups in total. The van der Waals surface area contributed by atoms with Crippen molar-refractivity contribution in [2.45, 2.75) is 39.7 Å². The van der Waals surface area contributed by atoms with Gasteiger partial charge in [0.1, 0.15) is 5.76 Å². The molecule has 2 aromatic heterocycles. The van der Waals surface area contributed by atoms with E-state index in [1.807, 2.05) is 24.4 Å². The third-order valence-electron chi connectivity index (χ3n) is 5.90. The fraction of sp³-hybridized carbons (Fsp3) is 0.435. The summed E-state index contributed by atoms with van der Waals surface area (Å²) in [4.78, 5) is 8.26. The Kier molecular flexibility index (Phi) is 5.67. The minimum Gasteiger partial charge on any atom is -0.440 e. The maximum atomic E-state index is 10.3. The predicted octanol–water partition coefficient (Wildman–Crippen LogP) is 4.84. The van der Waals surface area contributed by atoms with Gasteiger partial charge in [0.25, 0.3) is 0 Å². The number of aliphatic hydroxyl groups is 1. The summed E-state index contributed by atoms with van der Waals surface area (Å²) in [5, 5.41) is 12.3. The van der Waals surface area contributed by atoms with Crippen molar-refractivity contribution in [2.75, 3.05) is 19.7 Å². The summed E-state index contributed by atoms with van der Waals surface area (Å²) >= 11 is 1.65. The first-order valence-corrected chi connectivity index (χ1v) is 10.8. The number of aryl methyl sites for hydroxylation is 2. The molecule has 1 saturated heterocycles. The maximum absolute atomic E-state index is 10.3. The molecule has 0 unspecified atom stereocenters. The molecule has 0 bridgehead atoms. The molecule has 1 aliphatic rings. The van der Waals surface area contributed by atoms with Gasteiger partial charge in [0.15, 0.2) is 0 Å². The highest BCUT2D eigenvalue weighted by molar-refractivity contribution is 7.13. The summed E-state index contributed by atoms with van der Waals surface area (Å²) in [7, 11) is 0. The van der Waals surface area contributed by atoms with Gasteiger partial charge in [-0.3, -0.25) is 4.90 Å². The van der Waals surface area contributed by atoms with E-state index in [4.69, 9.17) is 9.40 Å². The van der Waals surface area contributed by atoms with Gasteiger partial charge >= 0.3 is 0 Å². The highest BCUT2D eigenvalue weighted by Gasteiger charge is 2.36. The molecular weight excluding hydrogens is 368 g/mol. The third kappa shape index (κ3) is 4.07. The number of piperidine rings is 1. The lowest BCUT2D eigenvalue weighted by molar-refractivity contribution is 0.0281. The number of aliphatic hydroxyl groups excluding tert-OH is 1. The summed E-state index contributed by atoms with van der Waals surface area (Å²) in [5.74, 6) is 1.61. The largest absolute Gasteiger partial charge is 0.440 e. The Morgan fingerprint density at radius 3 is 2.82 bits per heavy atom. The molecule has 4 rings (SSSR count). The summed E-state index contributed by atoms with van der Waals surface area (Å²) in [6.07, 6.45) is 3.08. The SMILES string of the molecule is Cc1ccccc1C[C@@]1(CO)CCCN(Cc2nc(-c3cccs3)oc2C)C1. The van der Waals surface area contributed by atoms with Crippen LogP contribution in [0.4, 0.5) is 0 Å². The van der Waals surface area contributed by atoms with E-state index in [1.54, 1.807) is 11.3 Å². The van der Waals surface area contributed by atoms with Crippen molar-refractivity contribution in [1.82, 2.24) is 9.88 Å². The second-order valence-electron chi connectivity index (χ2n) is 8.07. The van der Waals surface area contributed by atoms with Crippen LogP contribution < -0.4 is 0 Å². The van der Waals surface area contributed by atoms with Gasteiger partial charge in [-0.2, -0.15) is 0 Å². The Morgan fingerprint density at radius 2 is 2.07 bits per heavy atom. The van der Waals surface area contributed by atoms with Gasteiger partial charge in [-0.05, 0) is 62.2 Å². The highest BCUT2D eigenvalue weighted by atomic mass is 32.1. The molecule has 0 spiro atoms. The number of rotatable bonds is 6. The van der Waals surface area contributed by atoms with Crippen molar-refractivity contribution in [3.63, 3.8) is 0 Å². The van der Waals surface area contributed by atoms with Gasteiger partial charge in [0.2, 0.25) is 5.89 Å². The molecular formula is C23H28N2O2S. The van der Waals surface area contributed by atoms with Crippen molar-refractivity contribution >= 4 is 11.3 Å². The number of likely N-dealkylation sites (tertiary alicyclic amines) is 1. The van der Waals surface area contributed by atoms with Crippen LogP contribution in [0.2, 0.25) is 0 Å². The average Bonchev–Trinajstić information content (AvgIpc) is 3.34. The quantitative estimate of drug-likeness (QED) is 0.648. The standard InChI is InChI=1S/C23H28N2O2S/c1-17-7-3-4-8-19(17)13-23(16-26)10-6-11-25(15-23)14-20-18(2)27-22(24-20)21-9-5-12-28-21/h3-5,7-9,12,26H,6,10-11,13-16H2,1-2H3/t23-/m0/s1. The Labute approximate surface area is 170 Å². The van der Waals surface area contributed by atoms with Gasteiger partial charge in [0, 0.05) is 18.5 Å². The molecule has 4 nitrogen and oxygen atoms in total. The van der Waals surface area contributed by atoms with Crippen LogP contribution in [0.1, 0.15) is 35.4 Å². The topological polar surface area (TPSA) is 49.5 Å². The third-order valence-corrected chi connectivity index (χ3v) is 6.76. The lowest BCUT2D eigenvalue weighted by Crippen LogP contribution is -2.46. The fourth-order valence-electron chi connectivity index (χ4n) is 4.28. The van der Waals surface area contributed by atoms with Crippen LogP contribution in [0.3, 0.4) is 0 Å². The number of hydrogen-bond donors (Lipinski definition) is 1. The maximum Gasteiger partial charge on any atom is 0.236 e. The first-order chi connectivity index (χ1) is 13.6. The molecule has 0 saturated carbocycles. The molecule has 28 heavy (non-hydrogen) atoms. The van der Waals surface area contributed by atoms with E-state index in [0.717, 1.165) is 55.2 Å². The van der Waals surface area contributed by atoms with E-state index in [-0.39, 0.29) is 12.0 Å². The molecule has 1 atom stereocenters.